The maximum absolute atomic E-state index is 13.8. The molecule has 0 aromatic heterocycles. The van der Waals surface area contributed by atoms with Crippen molar-refractivity contribution in [2.24, 2.45) is 0 Å². The minimum Gasteiger partial charge on any atom is -0.507 e. The lowest BCUT2D eigenvalue weighted by atomic mass is 9.70. The first-order valence-electron chi connectivity index (χ1n) is 10.7. The number of fused-ring (bicyclic) bond motifs is 3. The number of hydrogen-bond donors (Lipinski definition) is 3. The molecule has 2 aromatic rings. The van der Waals surface area contributed by atoms with Crippen LogP contribution in [0.15, 0.2) is 47.4 Å². The average Bonchev–Trinajstić information content (AvgIpc) is 3.05. The van der Waals surface area contributed by atoms with Crippen molar-refractivity contribution in [3.8, 4) is 17.2 Å². The van der Waals surface area contributed by atoms with Gasteiger partial charge in [-0.2, -0.15) is 0 Å². The number of carbonyl (C=O) groups is 3. The highest BCUT2D eigenvalue weighted by Gasteiger charge is 2.56. The highest BCUT2D eigenvalue weighted by Crippen LogP contribution is 2.57. The lowest BCUT2D eigenvalue weighted by Crippen LogP contribution is -2.40. The number of allylic oxidation sites excluding steroid dienone is 4. The summed E-state index contributed by atoms with van der Waals surface area (Å²) < 4.78 is 5.78. The number of nitrogens with one attached hydrogen (secondary N) is 1. The van der Waals surface area contributed by atoms with Crippen LogP contribution in [0.25, 0.3) is 0 Å². The highest BCUT2D eigenvalue weighted by molar-refractivity contribution is 6.31. The molecular weight excluding hydrogens is 436 g/mol. The molecule has 3 N–H and O–H groups in total. The Morgan fingerprint density at radius 2 is 1.79 bits per heavy atom. The largest absolute Gasteiger partial charge is 0.507 e. The predicted molar refractivity (Wildman–Crippen MR) is 128 cm³/mol. The van der Waals surface area contributed by atoms with Gasteiger partial charge in [0.15, 0.2) is 17.3 Å². The number of nitrogens with zero attached hydrogens (tertiary/aromatic N) is 1. The molecule has 1 atom stereocenters. The first kappa shape index (κ1) is 23.1. The number of benzene rings is 2. The number of phenols is 2. The number of Topliss-reactive ketones (excluding diaryl/α,β-unsaturated/α-hetero) is 2. The van der Waals surface area contributed by atoms with Crippen LogP contribution in [0, 0.1) is 6.92 Å². The van der Waals surface area contributed by atoms with Crippen LogP contribution in [0.4, 0.5) is 11.4 Å². The van der Waals surface area contributed by atoms with E-state index in [1.807, 2.05) is 43.3 Å². The molecule has 34 heavy (non-hydrogen) atoms. The molecule has 0 unspecified atom stereocenters. The van der Waals surface area contributed by atoms with Gasteiger partial charge in [-0.15, -0.1) is 0 Å². The Kier molecular flexibility index (Phi) is 5.27. The summed E-state index contributed by atoms with van der Waals surface area (Å²) in [6.45, 7) is 5.87. The summed E-state index contributed by atoms with van der Waals surface area (Å²) >= 11 is 0. The summed E-state index contributed by atoms with van der Waals surface area (Å²) in [4.78, 5) is 41.1. The number of rotatable bonds is 4. The normalized spacial score (nSPS) is 20.2. The van der Waals surface area contributed by atoms with Crippen LogP contribution in [-0.2, 0) is 15.0 Å². The number of phenolic OH excluding ortho intramolecular Hbond substituents is 2. The van der Waals surface area contributed by atoms with Gasteiger partial charge in [0.2, 0.25) is 0 Å². The molecule has 0 saturated carbocycles. The molecule has 0 fully saturated rings. The molecule has 0 amide bonds. The maximum atomic E-state index is 13.8. The molecule has 0 bridgehead atoms. The Labute approximate surface area is 197 Å². The van der Waals surface area contributed by atoms with Gasteiger partial charge < -0.3 is 25.2 Å². The fourth-order valence-electron chi connectivity index (χ4n) is 4.50. The van der Waals surface area contributed by atoms with Gasteiger partial charge in [0.25, 0.3) is 0 Å². The van der Waals surface area contributed by atoms with E-state index in [4.69, 9.17) is 4.74 Å². The lowest BCUT2D eigenvalue weighted by Gasteiger charge is -2.29. The number of aromatic hydroxyl groups is 2. The molecule has 1 aliphatic carbocycles. The van der Waals surface area contributed by atoms with Crippen molar-refractivity contribution < 1.29 is 29.3 Å². The molecule has 2 aromatic carbocycles. The topological polar surface area (TPSA) is 116 Å². The predicted octanol–water partition coefficient (Wildman–Crippen LogP) is 3.75. The lowest BCUT2D eigenvalue weighted by molar-refractivity contribution is -0.123. The molecule has 176 valence electrons. The smallest absolute Gasteiger partial charge is 0.194 e. The van der Waals surface area contributed by atoms with Crippen LogP contribution in [0.2, 0.25) is 0 Å². The zero-order chi connectivity index (χ0) is 25.1. The van der Waals surface area contributed by atoms with E-state index in [9.17, 15) is 24.6 Å². The van der Waals surface area contributed by atoms with Crippen molar-refractivity contribution >= 4 is 28.7 Å². The van der Waals surface area contributed by atoms with Crippen LogP contribution in [0.1, 0.15) is 42.3 Å². The molecule has 0 saturated heterocycles. The van der Waals surface area contributed by atoms with Crippen molar-refractivity contribution in [2.45, 2.75) is 33.1 Å². The molecule has 1 aliphatic heterocycles. The Hall–Kier alpha value is -4.07. The maximum Gasteiger partial charge on any atom is 0.194 e. The monoisotopic (exact) mass is 462 g/mol. The number of anilines is 2. The minimum absolute atomic E-state index is 0.00598. The first-order valence-corrected chi connectivity index (χ1v) is 10.7. The van der Waals surface area contributed by atoms with E-state index >= 15 is 0 Å². The zero-order valence-corrected chi connectivity index (χ0v) is 19.9. The van der Waals surface area contributed by atoms with Gasteiger partial charge in [-0.3, -0.25) is 14.4 Å². The highest BCUT2D eigenvalue weighted by atomic mass is 16.5. The fourth-order valence-corrected chi connectivity index (χ4v) is 4.50. The van der Waals surface area contributed by atoms with Crippen LogP contribution >= 0.6 is 0 Å². The van der Waals surface area contributed by atoms with Gasteiger partial charge in [-0.1, -0.05) is 6.07 Å². The molecule has 0 spiro atoms. The number of ketones is 3. The minimum atomic E-state index is -1.54. The van der Waals surface area contributed by atoms with Crippen molar-refractivity contribution in [3.05, 3.63) is 64.1 Å². The van der Waals surface area contributed by atoms with Gasteiger partial charge in [-0.05, 0) is 45.9 Å². The zero-order valence-electron chi connectivity index (χ0n) is 19.9. The van der Waals surface area contributed by atoms with E-state index in [2.05, 4.69) is 5.32 Å². The molecule has 8 heteroatoms. The third-order valence-electron chi connectivity index (χ3n) is 6.45. The van der Waals surface area contributed by atoms with Gasteiger partial charge in [0, 0.05) is 42.8 Å². The van der Waals surface area contributed by atoms with Crippen molar-refractivity contribution in [3.63, 3.8) is 0 Å². The van der Waals surface area contributed by atoms with E-state index in [1.165, 1.54) is 19.9 Å². The van der Waals surface area contributed by atoms with Crippen molar-refractivity contribution in [1.82, 2.24) is 0 Å². The van der Waals surface area contributed by atoms with Gasteiger partial charge >= 0.3 is 0 Å². The van der Waals surface area contributed by atoms with Gasteiger partial charge in [-0.25, -0.2) is 0 Å². The molecule has 8 nitrogen and oxygen atoms in total. The second-order valence-electron chi connectivity index (χ2n) is 8.96. The summed E-state index contributed by atoms with van der Waals surface area (Å²) in [5.74, 6) is -2.48. The van der Waals surface area contributed by atoms with Crippen LogP contribution < -0.4 is 15.0 Å². The number of hydrogen-bond acceptors (Lipinski definition) is 8. The summed E-state index contributed by atoms with van der Waals surface area (Å²) in [7, 11) is 3.82. The molecule has 1 heterocycles. The van der Waals surface area contributed by atoms with Gasteiger partial charge in [0.05, 0.1) is 11.1 Å². The SMILES string of the molecule is CC(=O)c1c(O)c(C)c(O)c2c1OC1=CC(=O)/C(=C(/C)Nc3cccc(N(C)C)c3)C(=O)[C@@]12C. The van der Waals surface area contributed by atoms with Crippen molar-refractivity contribution in [1.29, 1.82) is 0 Å². The second kappa shape index (κ2) is 7.76. The summed E-state index contributed by atoms with van der Waals surface area (Å²) in [5.41, 5.74) is 0.348. The Bertz CT molecular complexity index is 1350. The van der Waals surface area contributed by atoms with Crippen molar-refractivity contribution in [2.75, 3.05) is 24.3 Å². The summed E-state index contributed by atoms with van der Waals surface area (Å²) in [6.07, 6.45) is 1.20. The van der Waals surface area contributed by atoms with Crippen LogP contribution in [-0.4, -0.2) is 41.7 Å². The quantitative estimate of drug-likeness (QED) is 0.357. The number of carbonyl (C=O) groups excluding carboxylic acids is 3. The third kappa shape index (κ3) is 3.17. The Balaban J connectivity index is 1.88. The second-order valence-corrected chi connectivity index (χ2v) is 8.96. The molecule has 4 rings (SSSR count). The summed E-state index contributed by atoms with van der Waals surface area (Å²) in [5, 5.41) is 24.5. The van der Waals surface area contributed by atoms with E-state index in [0.29, 0.717) is 11.4 Å². The Morgan fingerprint density at radius 1 is 1.12 bits per heavy atom. The van der Waals surface area contributed by atoms with E-state index in [1.54, 1.807) is 13.8 Å². The molecule has 2 aliphatic rings. The Morgan fingerprint density at radius 3 is 2.41 bits per heavy atom. The number of ether oxygens (including phenoxy) is 1. The first-order chi connectivity index (χ1) is 15.9. The van der Waals surface area contributed by atoms with E-state index in [-0.39, 0.29) is 39.5 Å². The summed E-state index contributed by atoms with van der Waals surface area (Å²) in [6, 6.07) is 7.50. The van der Waals surface area contributed by atoms with E-state index in [0.717, 1.165) is 5.69 Å². The third-order valence-corrected chi connectivity index (χ3v) is 6.45. The average molecular weight is 463 g/mol. The van der Waals surface area contributed by atoms with Crippen LogP contribution in [0.5, 0.6) is 17.2 Å². The molecular formula is C26H26N2O6. The fraction of sp³-hybridized carbons (Fsp3) is 0.269. The standard InChI is InChI=1S/C26H26N2O6/c1-12-22(31)20(14(3)29)24-21(23(12)32)26(4)18(34-24)11-17(30)19(25(26)33)13(2)27-15-8-7-9-16(10-15)28(5)6/h7-11,27,31-32H,1-6H3/b19-13+/t26-/m0/s1. The van der Waals surface area contributed by atoms with Crippen LogP contribution in [0.3, 0.4) is 0 Å². The van der Waals surface area contributed by atoms with E-state index < -0.39 is 28.5 Å². The molecule has 0 radical (unpaired) electrons. The van der Waals surface area contributed by atoms with Gasteiger partial charge in [0.1, 0.15) is 34.0 Å².